The maximum absolute atomic E-state index is 13.7. The van der Waals surface area contributed by atoms with Crippen LogP contribution in [0.25, 0.3) is 17.0 Å². The third-order valence-corrected chi connectivity index (χ3v) is 5.98. The van der Waals surface area contributed by atoms with Gasteiger partial charge >= 0.3 is 0 Å². The second-order valence-corrected chi connectivity index (χ2v) is 8.29. The van der Waals surface area contributed by atoms with E-state index in [1.807, 2.05) is 12.1 Å². The van der Waals surface area contributed by atoms with Crippen molar-refractivity contribution >= 4 is 17.0 Å². The monoisotopic (exact) mass is 465 g/mol. The molecule has 34 heavy (non-hydrogen) atoms. The van der Waals surface area contributed by atoms with Crippen LogP contribution in [-0.2, 0) is 4.74 Å². The molecule has 1 aliphatic heterocycles. The third-order valence-electron chi connectivity index (χ3n) is 5.98. The van der Waals surface area contributed by atoms with Gasteiger partial charge in [-0.2, -0.15) is 5.26 Å². The summed E-state index contributed by atoms with van der Waals surface area (Å²) in [6.07, 6.45) is 1.54. The Morgan fingerprint density at radius 1 is 1.18 bits per heavy atom. The van der Waals surface area contributed by atoms with Crippen LogP contribution < -0.4 is 5.32 Å². The van der Waals surface area contributed by atoms with Gasteiger partial charge < -0.3 is 20.3 Å². The van der Waals surface area contributed by atoms with Crippen molar-refractivity contribution in [1.29, 1.82) is 5.26 Å². The number of nitrogens with one attached hydrogen (secondary N) is 1. The topological polar surface area (TPSA) is 98.4 Å². The molecule has 2 heterocycles. The average Bonchev–Trinajstić information content (AvgIpc) is 2.87. The van der Waals surface area contributed by atoms with E-state index in [2.05, 4.69) is 10.3 Å². The van der Waals surface area contributed by atoms with E-state index in [0.717, 1.165) is 23.6 Å². The number of pyridine rings is 1. The van der Waals surface area contributed by atoms with Gasteiger partial charge in [-0.15, -0.1) is 0 Å². The first-order valence-corrected chi connectivity index (χ1v) is 11.1. The average molecular weight is 466 g/mol. The van der Waals surface area contributed by atoms with Gasteiger partial charge in [0, 0.05) is 29.1 Å². The molecule has 0 saturated carbocycles. The minimum absolute atomic E-state index is 0.0278. The number of aliphatic hydroxyl groups excluding tert-OH is 2. The molecule has 0 unspecified atom stereocenters. The Kier molecular flexibility index (Phi) is 7.60. The molecule has 0 spiro atoms. The zero-order valence-electron chi connectivity index (χ0n) is 18.4. The van der Waals surface area contributed by atoms with Crippen molar-refractivity contribution in [3.63, 3.8) is 0 Å². The van der Waals surface area contributed by atoms with Crippen LogP contribution in [0.3, 0.4) is 0 Å². The van der Waals surface area contributed by atoms with Crippen LogP contribution in [0.5, 0.6) is 0 Å². The van der Waals surface area contributed by atoms with E-state index in [9.17, 15) is 19.0 Å². The lowest BCUT2D eigenvalue weighted by atomic mass is 9.93. The Balaban J connectivity index is 1.32. The number of aromatic nitrogens is 1. The van der Waals surface area contributed by atoms with Gasteiger partial charge in [-0.05, 0) is 43.2 Å². The van der Waals surface area contributed by atoms with Crippen molar-refractivity contribution in [2.24, 2.45) is 0 Å². The van der Waals surface area contributed by atoms with E-state index in [4.69, 9.17) is 10.00 Å². The van der Waals surface area contributed by atoms with Gasteiger partial charge in [0.1, 0.15) is 35.6 Å². The van der Waals surface area contributed by atoms with E-state index in [0.29, 0.717) is 37.1 Å². The number of hydrogen-bond acceptors (Lipinski definition) is 6. The number of benzene rings is 2. The van der Waals surface area contributed by atoms with E-state index >= 15 is 0 Å². The Morgan fingerprint density at radius 2 is 2.03 bits per heavy atom. The molecule has 4 atom stereocenters. The highest BCUT2D eigenvalue weighted by molar-refractivity contribution is 5.82. The van der Waals surface area contributed by atoms with Crippen molar-refractivity contribution < 1.29 is 23.7 Å². The van der Waals surface area contributed by atoms with Crippen LogP contribution in [0.15, 0.2) is 54.6 Å². The summed E-state index contributed by atoms with van der Waals surface area (Å²) in [5.41, 5.74) is 1.34. The molecule has 4 rings (SSSR count). The highest BCUT2D eigenvalue weighted by Crippen LogP contribution is 2.29. The first-order chi connectivity index (χ1) is 16.5. The molecule has 1 aliphatic rings. The molecule has 3 aromatic rings. The predicted octanol–water partition coefficient (Wildman–Crippen LogP) is 3.63. The summed E-state index contributed by atoms with van der Waals surface area (Å²) in [5.74, 6) is -0.981. The fourth-order valence-electron chi connectivity index (χ4n) is 4.12. The number of rotatable bonds is 7. The normalized spacial score (nSPS) is 20.3. The predicted molar refractivity (Wildman–Crippen MR) is 124 cm³/mol. The highest BCUT2D eigenvalue weighted by Gasteiger charge is 2.33. The van der Waals surface area contributed by atoms with Crippen molar-refractivity contribution in [2.75, 3.05) is 13.2 Å². The maximum atomic E-state index is 13.7. The quantitative estimate of drug-likeness (QED) is 0.493. The van der Waals surface area contributed by atoms with Crippen molar-refractivity contribution in [3.8, 4) is 6.07 Å². The third kappa shape index (κ3) is 5.46. The summed E-state index contributed by atoms with van der Waals surface area (Å²) in [4.78, 5) is 4.29. The van der Waals surface area contributed by atoms with Gasteiger partial charge in [0.05, 0.1) is 18.2 Å². The van der Waals surface area contributed by atoms with Gasteiger partial charge in [0.25, 0.3) is 0 Å². The SMILES string of the molecule is N#Cc1ccc2cccc([C@@H](O)[C@@H](O)[C@@H]3CC[C@@H](NC/C=C/c4cc(F)ccc4F)CO3)c2n1. The molecular weight excluding hydrogens is 440 g/mol. The molecule has 3 N–H and O–H groups in total. The standard InChI is InChI=1S/C26H25F2N3O3/c27-18-7-10-22(28)17(13-18)4-2-12-30-20-9-11-23(34-15-20)26(33)25(32)21-5-1-3-16-6-8-19(14-29)31-24(16)21/h1-8,10,13,20,23,25-26,30,32-33H,9,11-12,15H2/b4-2+/t20-,23+,25-,26+/m1/s1. The number of fused-ring (bicyclic) bond motifs is 1. The summed E-state index contributed by atoms with van der Waals surface area (Å²) in [6, 6.07) is 14.0. The Labute approximate surface area is 196 Å². The van der Waals surface area contributed by atoms with Crippen LogP contribution in [0.2, 0.25) is 0 Å². The Bertz CT molecular complexity index is 1220. The Morgan fingerprint density at radius 3 is 2.79 bits per heavy atom. The van der Waals surface area contributed by atoms with E-state index in [1.54, 1.807) is 30.3 Å². The molecule has 1 saturated heterocycles. The summed E-state index contributed by atoms with van der Waals surface area (Å²) < 4.78 is 32.7. The van der Waals surface area contributed by atoms with E-state index < -0.39 is 29.9 Å². The molecule has 6 nitrogen and oxygen atoms in total. The molecule has 1 aromatic heterocycles. The summed E-state index contributed by atoms with van der Waals surface area (Å²) in [7, 11) is 0. The summed E-state index contributed by atoms with van der Waals surface area (Å²) in [5, 5.41) is 34.8. The highest BCUT2D eigenvalue weighted by atomic mass is 19.1. The van der Waals surface area contributed by atoms with Crippen LogP contribution in [0.1, 0.15) is 35.8 Å². The second kappa shape index (κ2) is 10.8. The maximum Gasteiger partial charge on any atom is 0.141 e. The molecule has 176 valence electrons. The Hall–Kier alpha value is -3.22. The molecule has 2 aromatic carbocycles. The van der Waals surface area contributed by atoms with E-state index in [-0.39, 0.29) is 17.3 Å². The lowest BCUT2D eigenvalue weighted by molar-refractivity contribution is -0.113. The molecule has 0 aliphatic carbocycles. The first-order valence-electron chi connectivity index (χ1n) is 11.1. The molecule has 0 radical (unpaired) electrons. The van der Waals surface area contributed by atoms with E-state index in [1.165, 1.54) is 6.08 Å². The van der Waals surface area contributed by atoms with Gasteiger partial charge in [-0.3, -0.25) is 0 Å². The minimum atomic E-state index is -1.22. The van der Waals surface area contributed by atoms with Crippen molar-refractivity contribution in [2.45, 2.75) is 37.2 Å². The molecule has 1 fully saturated rings. The first kappa shape index (κ1) is 23.9. The van der Waals surface area contributed by atoms with Crippen LogP contribution in [0.4, 0.5) is 8.78 Å². The number of hydrogen-bond donors (Lipinski definition) is 3. The zero-order chi connectivity index (χ0) is 24.1. The number of nitrogens with zero attached hydrogens (tertiary/aromatic N) is 2. The van der Waals surface area contributed by atoms with Crippen molar-refractivity contribution in [3.05, 3.63) is 83.1 Å². The lowest BCUT2D eigenvalue weighted by Crippen LogP contribution is -2.45. The zero-order valence-corrected chi connectivity index (χ0v) is 18.4. The minimum Gasteiger partial charge on any atom is -0.387 e. The smallest absolute Gasteiger partial charge is 0.141 e. The summed E-state index contributed by atoms with van der Waals surface area (Å²) in [6.45, 7) is 0.783. The molecule has 0 amide bonds. The number of nitriles is 1. The number of para-hydroxylation sites is 1. The van der Waals surface area contributed by atoms with Crippen LogP contribution in [0, 0.1) is 23.0 Å². The fraction of sp³-hybridized carbons (Fsp3) is 0.308. The summed E-state index contributed by atoms with van der Waals surface area (Å²) >= 11 is 0. The molecular formula is C26H25F2N3O3. The second-order valence-electron chi connectivity index (χ2n) is 8.29. The van der Waals surface area contributed by atoms with Gasteiger partial charge in [-0.25, -0.2) is 13.8 Å². The number of aliphatic hydroxyl groups is 2. The molecule has 0 bridgehead atoms. The van der Waals surface area contributed by atoms with Crippen molar-refractivity contribution in [1.82, 2.24) is 10.3 Å². The number of halogens is 2. The van der Waals surface area contributed by atoms with Gasteiger partial charge in [-0.1, -0.05) is 30.4 Å². The fourth-order valence-corrected chi connectivity index (χ4v) is 4.12. The molecule has 8 heteroatoms. The van der Waals surface area contributed by atoms with Crippen LogP contribution in [-0.4, -0.2) is 46.6 Å². The lowest BCUT2D eigenvalue weighted by Gasteiger charge is -2.34. The largest absolute Gasteiger partial charge is 0.387 e. The number of ether oxygens (including phenoxy) is 1. The van der Waals surface area contributed by atoms with Gasteiger partial charge in [0.15, 0.2) is 0 Å². The van der Waals surface area contributed by atoms with Crippen LogP contribution >= 0.6 is 0 Å². The van der Waals surface area contributed by atoms with Gasteiger partial charge in [0.2, 0.25) is 0 Å².